The SMILES string of the molecule is Cn1cc([C@@](C)(O)CN[C@H](c2ccccc2)c2ccc(F)cn2)cn1. The summed E-state index contributed by atoms with van der Waals surface area (Å²) in [5, 5.41) is 18.2. The van der Waals surface area contributed by atoms with Gasteiger partial charge in [0.2, 0.25) is 0 Å². The van der Waals surface area contributed by atoms with Gasteiger partial charge in [-0.05, 0) is 24.6 Å². The Morgan fingerprint density at radius 1 is 1.20 bits per heavy atom. The van der Waals surface area contributed by atoms with Gasteiger partial charge in [-0.2, -0.15) is 5.10 Å². The van der Waals surface area contributed by atoms with Crippen molar-refractivity contribution in [3.8, 4) is 0 Å². The molecule has 2 atom stereocenters. The lowest BCUT2D eigenvalue weighted by atomic mass is 9.97. The second-order valence-electron chi connectivity index (χ2n) is 6.30. The molecule has 0 unspecified atom stereocenters. The molecule has 0 aliphatic heterocycles. The highest BCUT2D eigenvalue weighted by Crippen LogP contribution is 2.24. The topological polar surface area (TPSA) is 63.0 Å². The van der Waals surface area contributed by atoms with Gasteiger partial charge >= 0.3 is 0 Å². The van der Waals surface area contributed by atoms with E-state index >= 15 is 0 Å². The number of rotatable bonds is 6. The molecule has 0 saturated carbocycles. The molecule has 0 bridgehead atoms. The monoisotopic (exact) mass is 340 g/mol. The van der Waals surface area contributed by atoms with Crippen LogP contribution in [0.2, 0.25) is 0 Å². The van der Waals surface area contributed by atoms with E-state index in [2.05, 4.69) is 15.4 Å². The lowest BCUT2D eigenvalue weighted by Gasteiger charge is -2.26. The number of aliphatic hydroxyl groups is 1. The van der Waals surface area contributed by atoms with Gasteiger partial charge in [-0.15, -0.1) is 0 Å². The van der Waals surface area contributed by atoms with Crippen LogP contribution in [0.5, 0.6) is 0 Å². The Hall–Kier alpha value is -2.57. The quantitative estimate of drug-likeness (QED) is 0.724. The van der Waals surface area contributed by atoms with Crippen molar-refractivity contribution in [1.82, 2.24) is 20.1 Å². The van der Waals surface area contributed by atoms with Crippen LogP contribution in [0.3, 0.4) is 0 Å². The smallest absolute Gasteiger partial charge is 0.141 e. The number of halogens is 1. The van der Waals surface area contributed by atoms with Gasteiger partial charge in [0.25, 0.3) is 0 Å². The summed E-state index contributed by atoms with van der Waals surface area (Å²) in [6.45, 7) is 2.02. The third-order valence-corrected chi connectivity index (χ3v) is 4.16. The van der Waals surface area contributed by atoms with E-state index in [4.69, 9.17) is 0 Å². The van der Waals surface area contributed by atoms with Gasteiger partial charge in [0, 0.05) is 25.4 Å². The molecule has 0 aliphatic carbocycles. The largest absolute Gasteiger partial charge is 0.384 e. The van der Waals surface area contributed by atoms with Gasteiger partial charge < -0.3 is 10.4 Å². The molecule has 2 heterocycles. The molecule has 1 aromatic carbocycles. The minimum Gasteiger partial charge on any atom is -0.384 e. The van der Waals surface area contributed by atoms with Crippen LogP contribution in [0.15, 0.2) is 61.1 Å². The van der Waals surface area contributed by atoms with Crippen molar-refractivity contribution in [3.05, 3.63) is 83.7 Å². The second kappa shape index (κ2) is 7.13. The fraction of sp³-hybridized carbons (Fsp3) is 0.263. The van der Waals surface area contributed by atoms with Crippen LogP contribution in [0.1, 0.15) is 29.8 Å². The molecule has 3 aromatic rings. The molecule has 0 fully saturated rings. The average Bonchev–Trinajstić information content (AvgIpc) is 3.05. The summed E-state index contributed by atoms with van der Waals surface area (Å²) in [6.07, 6.45) is 4.64. The number of pyridine rings is 1. The molecular weight excluding hydrogens is 319 g/mol. The predicted molar refractivity (Wildman–Crippen MR) is 93.3 cm³/mol. The van der Waals surface area contributed by atoms with Gasteiger partial charge in [0.1, 0.15) is 11.4 Å². The third-order valence-electron chi connectivity index (χ3n) is 4.16. The van der Waals surface area contributed by atoms with Crippen LogP contribution >= 0.6 is 0 Å². The normalized spacial score (nSPS) is 14.9. The zero-order valence-corrected chi connectivity index (χ0v) is 14.2. The highest BCUT2D eigenvalue weighted by molar-refractivity contribution is 5.28. The molecule has 0 aliphatic rings. The summed E-state index contributed by atoms with van der Waals surface area (Å²) < 4.78 is 14.9. The predicted octanol–water partition coefficient (Wildman–Crippen LogP) is 2.54. The maximum atomic E-state index is 13.2. The minimum atomic E-state index is -1.10. The number of nitrogens with one attached hydrogen (secondary N) is 1. The number of hydrogen-bond acceptors (Lipinski definition) is 4. The summed E-state index contributed by atoms with van der Waals surface area (Å²) in [4.78, 5) is 4.20. The van der Waals surface area contributed by atoms with Crippen LogP contribution in [-0.4, -0.2) is 26.4 Å². The van der Waals surface area contributed by atoms with Crippen molar-refractivity contribution in [2.75, 3.05) is 6.54 Å². The van der Waals surface area contributed by atoms with Crippen molar-refractivity contribution in [2.24, 2.45) is 7.05 Å². The first-order chi connectivity index (χ1) is 12.0. The first-order valence-electron chi connectivity index (χ1n) is 8.07. The fourth-order valence-corrected chi connectivity index (χ4v) is 2.70. The molecule has 6 heteroatoms. The van der Waals surface area contributed by atoms with Gasteiger partial charge in [0.15, 0.2) is 0 Å². The van der Waals surface area contributed by atoms with Gasteiger partial charge in [-0.1, -0.05) is 30.3 Å². The maximum absolute atomic E-state index is 13.2. The fourth-order valence-electron chi connectivity index (χ4n) is 2.70. The van der Waals surface area contributed by atoms with E-state index in [-0.39, 0.29) is 18.4 Å². The molecule has 0 spiro atoms. The van der Waals surface area contributed by atoms with Crippen molar-refractivity contribution in [3.63, 3.8) is 0 Å². The van der Waals surface area contributed by atoms with Crippen LogP contribution in [0, 0.1) is 5.82 Å². The molecule has 2 N–H and O–H groups in total. The first-order valence-corrected chi connectivity index (χ1v) is 8.07. The van der Waals surface area contributed by atoms with Crippen molar-refractivity contribution >= 4 is 0 Å². The van der Waals surface area contributed by atoms with Gasteiger partial charge in [0.05, 0.1) is 24.1 Å². The molecule has 5 nitrogen and oxygen atoms in total. The third kappa shape index (κ3) is 4.10. The van der Waals surface area contributed by atoms with Crippen molar-refractivity contribution in [1.29, 1.82) is 0 Å². The van der Waals surface area contributed by atoms with E-state index in [1.54, 1.807) is 30.1 Å². The Labute approximate surface area is 146 Å². The van der Waals surface area contributed by atoms with Gasteiger partial charge in [-0.3, -0.25) is 9.67 Å². The maximum Gasteiger partial charge on any atom is 0.141 e. The van der Waals surface area contributed by atoms with E-state index in [9.17, 15) is 9.50 Å². The zero-order chi connectivity index (χ0) is 17.9. The molecule has 0 radical (unpaired) electrons. The molecule has 0 saturated heterocycles. The Morgan fingerprint density at radius 2 is 1.96 bits per heavy atom. The van der Waals surface area contributed by atoms with Crippen LogP contribution in [0.4, 0.5) is 4.39 Å². The molecule has 0 amide bonds. The molecule has 3 rings (SSSR count). The Bertz CT molecular complexity index is 815. The average molecular weight is 340 g/mol. The van der Waals surface area contributed by atoms with E-state index < -0.39 is 5.60 Å². The molecule has 130 valence electrons. The minimum absolute atomic E-state index is 0.259. The van der Waals surface area contributed by atoms with Crippen LogP contribution in [0.25, 0.3) is 0 Å². The number of aromatic nitrogens is 3. The first kappa shape index (κ1) is 17.3. The van der Waals surface area contributed by atoms with Crippen molar-refractivity contribution < 1.29 is 9.50 Å². The summed E-state index contributed by atoms with van der Waals surface area (Å²) >= 11 is 0. The number of benzene rings is 1. The lowest BCUT2D eigenvalue weighted by molar-refractivity contribution is 0.0548. The molecular formula is C19H21FN4O. The molecule has 2 aromatic heterocycles. The second-order valence-corrected chi connectivity index (χ2v) is 6.30. The number of hydrogen-bond donors (Lipinski definition) is 2. The van der Waals surface area contributed by atoms with E-state index in [1.807, 2.05) is 37.4 Å². The van der Waals surface area contributed by atoms with E-state index in [1.165, 1.54) is 12.3 Å². The summed E-state index contributed by atoms with van der Waals surface area (Å²) in [5.41, 5.74) is 1.31. The van der Waals surface area contributed by atoms with Crippen LogP contribution < -0.4 is 5.32 Å². The van der Waals surface area contributed by atoms with Gasteiger partial charge in [-0.25, -0.2) is 4.39 Å². The number of nitrogens with zero attached hydrogens (tertiary/aromatic N) is 3. The highest BCUT2D eigenvalue weighted by Gasteiger charge is 2.27. The summed E-state index contributed by atoms with van der Waals surface area (Å²) in [7, 11) is 1.81. The Morgan fingerprint density at radius 3 is 2.56 bits per heavy atom. The Balaban J connectivity index is 1.84. The molecule has 25 heavy (non-hydrogen) atoms. The van der Waals surface area contributed by atoms with Crippen LogP contribution in [-0.2, 0) is 12.6 Å². The Kier molecular flexibility index (Phi) is 4.92. The summed E-state index contributed by atoms with van der Waals surface area (Å²) in [6, 6.07) is 12.5. The van der Waals surface area contributed by atoms with E-state index in [0.29, 0.717) is 5.69 Å². The number of aryl methyl sites for hydroxylation is 1. The standard InChI is InChI=1S/C19H21FN4O/c1-19(25,15-10-23-24(2)12-15)13-22-18(14-6-4-3-5-7-14)17-9-8-16(20)11-21-17/h3-12,18,22,25H,13H2,1-2H3/t18-,19+/m1/s1. The highest BCUT2D eigenvalue weighted by atomic mass is 19.1. The van der Waals surface area contributed by atoms with Crippen molar-refractivity contribution in [2.45, 2.75) is 18.6 Å². The summed E-state index contributed by atoms with van der Waals surface area (Å²) in [5.74, 6) is -0.377. The lowest BCUT2D eigenvalue weighted by Crippen LogP contribution is -2.37. The zero-order valence-electron chi connectivity index (χ0n) is 14.2. The van der Waals surface area contributed by atoms with E-state index in [0.717, 1.165) is 11.1 Å².